The minimum atomic E-state index is -3.22. The van der Waals surface area contributed by atoms with E-state index in [2.05, 4.69) is 15.9 Å². The van der Waals surface area contributed by atoms with E-state index >= 15 is 0 Å². The summed E-state index contributed by atoms with van der Waals surface area (Å²) in [6.07, 6.45) is 0.157. The second kappa shape index (κ2) is 5.25. The van der Waals surface area contributed by atoms with Crippen LogP contribution < -0.4 is 0 Å². The van der Waals surface area contributed by atoms with Crippen LogP contribution in [0.4, 0.5) is 4.39 Å². The monoisotopic (exact) mass is 310 g/mol. The van der Waals surface area contributed by atoms with Crippen molar-refractivity contribution in [1.29, 1.82) is 0 Å². The Kier molecular flexibility index (Phi) is 4.46. The summed E-state index contributed by atoms with van der Waals surface area (Å²) in [4.78, 5) is 0. The summed E-state index contributed by atoms with van der Waals surface area (Å²) in [5.41, 5.74) is 0.558. The molecule has 0 aliphatic carbocycles. The maximum absolute atomic E-state index is 13.0. The molecular formula is C10H12BrFO3S. The fourth-order valence-electron chi connectivity index (χ4n) is 1.41. The zero-order valence-electron chi connectivity index (χ0n) is 8.65. The molecule has 3 nitrogen and oxygen atoms in total. The van der Waals surface area contributed by atoms with Crippen molar-refractivity contribution in [2.24, 2.45) is 0 Å². The van der Waals surface area contributed by atoms with Crippen molar-refractivity contribution in [2.45, 2.75) is 12.5 Å². The van der Waals surface area contributed by atoms with Gasteiger partial charge in [-0.05, 0) is 30.2 Å². The van der Waals surface area contributed by atoms with E-state index in [4.69, 9.17) is 0 Å². The highest BCUT2D eigenvalue weighted by Gasteiger charge is 2.13. The topological polar surface area (TPSA) is 54.4 Å². The lowest BCUT2D eigenvalue weighted by Gasteiger charge is -2.09. The molecule has 1 aromatic rings. The first-order valence-electron chi connectivity index (χ1n) is 4.57. The Bertz CT molecular complexity index is 453. The highest BCUT2D eigenvalue weighted by Crippen LogP contribution is 2.16. The van der Waals surface area contributed by atoms with Gasteiger partial charge in [0.05, 0.1) is 11.9 Å². The quantitative estimate of drug-likeness (QED) is 0.917. The third kappa shape index (κ3) is 5.05. The van der Waals surface area contributed by atoms with E-state index in [1.807, 2.05) is 0 Å². The first kappa shape index (κ1) is 13.6. The van der Waals surface area contributed by atoms with Crippen molar-refractivity contribution in [3.05, 3.63) is 34.1 Å². The number of aliphatic hydroxyl groups excluding tert-OH is 1. The first-order chi connectivity index (χ1) is 7.26. The average molecular weight is 311 g/mol. The molecule has 1 N–H and O–H groups in total. The van der Waals surface area contributed by atoms with E-state index in [0.29, 0.717) is 10.0 Å². The Hall–Kier alpha value is -0.460. The molecule has 0 aliphatic heterocycles. The molecule has 0 aliphatic rings. The lowest BCUT2D eigenvalue weighted by atomic mass is 10.1. The average Bonchev–Trinajstić information content (AvgIpc) is 1.96. The van der Waals surface area contributed by atoms with Crippen molar-refractivity contribution in [1.82, 2.24) is 0 Å². The number of rotatable bonds is 4. The van der Waals surface area contributed by atoms with Crippen LogP contribution in [0, 0.1) is 5.82 Å². The summed E-state index contributed by atoms with van der Waals surface area (Å²) >= 11 is 3.12. The van der Waals surface area contributed by atoms with Gasteiger partial charge in [0.1, 0.15) is 15.7 Å². The molecule has 0 aromatic heterocycles. The Labute approximate surface area is 102 Å². The van der Waals surface area contributed by atoms with Gasteiger partial charge in [0.15, 0.2) is 0 Å². The van der Waals surface area contributed by atoms with E-state index < -0.39 is 21.8 Å². The molecule has 0 spiro atoms. The molecule has 1 aromatic carbocycles. The largest absolute Gasteiger partial charge is 0.392 e. The molecule has 1 atom stereocenters. The predicted molar refractivity (Wildman–Crippen MR) is 63.5 cm³/mol. The summed E-state index contributed by atoms with van der Waals surface area (Å²) in [6.45, 7) is 0. The van der Waals surface area contributed by atoms with E-state index in [-0.39, 0.29) is 12.2 Å². The summed E-state index contributed by atoms with van der Waals surface area (Å²) in [6, 6.07) is 4.22. The summed E-state index contributed by atoms with van der Waals surface area (Å²) < 4.78 is 35.4. The highest BCUT2D eigenvalue weighted by atomic mass is 79.9. The maximum atomic E-state index is 13.0. The number of hydrogen-bond acceptors (Lipinski definition) is 3. The van der Waals surface area contributed by atoms with Crippen LogP contribution in [0.5, 0.6) is 0 Å². The number of hydrogen-bond donors (Lipinski definition) is 1. The van der Waals surface area contributed by atoms with Gasteiger partial charge < -0.3 is 5.11 Å². The van der Waals surface area contributed by atoms with Gasteiger partial charge in [0.25, 0.3) is 0 Å². The van der Waals surface area contributed by atoms with E-state index in [0.717, 1.165) is 6.26 Å². The lowest BCUT2D eigenvalue weighted by molar-refractivity contribution is 0.198. The number of benzene rings is 1. The Morgan fingerprint density at radius 2 is 2.06 bits per heavy atom. The SMILES string of the molecule is CS(=O)(=O)CC(O)Cc1cc(F)cc(Br)c1. The zero-order chi connectivity index (χ0) is 12.3. The molecule has 1 rings (SSSR count). The molecule has 0 fully saturated rings. The second-order valence-electron chi connectivity index (χ2n) is 3.73. The van der Waals surface area contributed by atoms with Gasteiger partial charge in [-0.2, -0.15) is 0 Å². The molecule has 90 valence electrons. The van der Waals surface area contributed by atoms with Crippen LogP contribution in [-0.4, -0.2) is 31.6 Å². The Balaban J connectivity index is 2.73. The van der Waals surface area contributed by atoms with Crippen molar-refractivity contribution >= 4 is 25.8 Å². The van der Waals surface area contributed by atoms with Crippen molar-refractivity contribution in [3.8, 4) is 0 Å². The van der Waals surface area contributed by atoms with Crippen LogP contribution in [0.25, 0.3) is 0 Å². The van der Waals surface area contributed by atoms with Crippen LogP contribution in [0.15, 0.2) is 22.7 Å². The molecule has 0 saturated carbocycles. The van der Waals surface area contributed by atoms with Crippen LogP contribution >= 0.6 is 15.9 Å². The van der Waals surface area contributed by atoms with Crippen LogP contribution in [0.1, 0.15) is 5.56 Å². The normalized spacial score (nSPS) is 13.8. The van der Waals surface area contributed by atoms with Crippen molar-refractivity contribution < 1.29 is 17.9 Å². The van der Waals surface area contributed by atoms with Gasteiger partial charge in [-0.25, -0.2) is 12.8 Å². The van der Waals surface area contributed by atoms with Crippen molar-refractivity contribution in [2.75, 3.05) is 12.0 Å². The molecular weight excluding hydrogens is 299 g/mol. The second-order valence-corrected chi connectivity index (χ2v) is 6.83. The lowest BCUT2D eigenvalue weighted by Crippen LogP contribution is -2.22. The van der Waals surface area contributed by atoms with Gasteiger partial charge in [-0.3, -0.25) is 0 Å². The third-order valence-corrected chi connectivity index (χ3v) is 3.34. The van der Waals surface area contributed by atoms with E-state index in [1.54, 1.807) is 6.07 Å². The summed E-state index contributed by atoms with van der Waals surface area (Å²) in [5.74, 6) is -0.739. The van der Waals surface area contributed by atoms with Gasteiger partial charge in [0, 0.05) is 10.7 Å². The Morgan fingerprint density at radius 1 is 1.44 bits per heavy atom. The Morgan fingerprint density at radius 3 is 2.56 bits per heavy atom. The van der Waals surface area contributed by atoms with E-state index in [1.165, 1.54) is 12.1 Å². The molecule has 0 radical (unpaired) electrons. The standard InChI is InChI=1S/C10H12BrFO3S/c1-16(14,15)6-10(13)4-7-2-8(11)5-9(12)3-7/h2-3,5,10,13H,4,6H2,1H3. The van der Waals surface area contributed by atoms with Crippen molar-refractivity contribution in [3.63, 3.8) is 0 Å². The maximum Gasteiger partial charge on any atom is 0.150 e. The van der Waals surface area contributed by atoms with Gasteiger partial charge in [-0.1, -0.05) is 15.9 Å². The number of sulfone groups is 1. The first-order valence-corrected chi connectivity index (χ1v) is 7.42. The summed E-state index contributed by atoms with van der Waals surface area (Å²) in [5, 5.41) is 9.50. The molecule has 0 heterocycles. The smallest absolute Gasteiger partial charge is 0.150 e. The van der Waals surface area contributed by atoms with Gasteiger partial charge in [0.2, 0.25) is 0 Å². The minimum absolute atomic E-state index is 0.115. The molecule has 0 bridgehead atoms. The molecule has 1 unspecified atom stereocenters. The molecule has 6 heteroatoms. The third-order valence-electron chi connectivity index (χ3n) is 1.89. The molecule has 0 amide bonds. The van der Waals surface area contributed by atoms with Crippen LogP contribution in [0.3, 0.4) is 0 Å². The van der Waals surface area contributed by atoms with Crippen LogP contribution in [0.2, 0.25) is 0 Å². The highest BCUT2D eigenvalue weighted by molar-refractivity contribution is 9.10. The molecule has 16 heavy (non-hydrogen) atoms. The fraction of sp³-hybridized carbons (Fsp3) is 0.400. The minimum Gasteiger partial charge on any atom is -0.392 e. The van der Waals surface area contributed by atoms with Gasteiger partial charge in [-0.15, -0.1) is 0 Å². The van der Waals surface area contributed by atoms with Gasteiger partial charge >= 0.3 is 0 Å². The zero-order valence-corrected chi connectivity index (χ0v) is 11.1. The predicted octanol–water partition coefficient (Wildman–Crippen LogP) is 1.54. The fourth-order valence-corrected chi connectivity index (χ4v) is 2.74. The van der Waals surface area contributed by atoms with E-state index in [9.17, 15) is 17.9 Å². The summed E-state index contributed by atoms with van der Waals surface area (Å²) in [7, 11) is -3.22. The van der Waals surface area contributed by atoms with Crippen LogP contribution in [-0.2, 0) is 16.3 Å². The number of halogens is 2. The number of aliphatic hydroxyl groups is 1. The molecule has 0 saturated heterocycles.